The molecule has 1 amide bonds. The van der Waals surface area contributed by atoms with Gasteiger partial charge in [0.2, 0.25) is 0 Å². The van der Waals surface area contributed by atoms with Crippen LogP contribution in [0.2, 0.25) is 10.0 Å². The minimum absolute atomic E-state index is 0.0904. The topological polar surface area (TPSA) is 68.3 Å². The van der Waals surface area contributed by atoms with Crippen LogP contribution < -0.4 is 5.32 Å². The van der Waals surface area contributed by atoms with Crippen molar-refractivity contribution in [3.63, 3.8) is 0 Å². The van der Waals surface area contributed by atoms with Crippen molar-refractivity contribution in [2.75, 3.05) is 11.9 Å². The third-order valence-corrected chi connectivity index (χ3v) is 4.74. The largest absolute Gasteiger partial charge is 0.451 e. The molecule has 0 aliphatic carbocycles. The van der Waals surface area contributed by atoms with E-state index >= 15 is 0 Å². The molecule has 0 radical (unpaired) electrons. The number of esters is 1. The third-order valence-electron chi connectivity index (χ3n) is 3.32. The van der Waals surface area contributed by atoms with Crippen LogP contribution in [0.15, 0.2) is 47.8 Å². The summed E-state index contributed by atoms with van der Waals surface area (Å²) in [5, 5.41) is 5.03. The monoisotopic (exact) mass is 424 g/mol. The number of aromatic nitrogens is 1. The molecule has 0 aliphatic rings. The minimum Gasteiger partial charge on any atom is -0.451 e. The van der Waals surface area contributed by atoms with Crippen molar-refractivity contribution in [2.24, 2.45) is 0 Å². The average molecular weight is 425 g/mol. The second kappa shape index (κ2) is 8.47. The highest BCUT2D eigenvalue weighted by molar-refractivity contribution is 7.13. The summed E-state index contributed by atoms with van der Waals surface area (Å²) in [5.41, 5.74) is 1.16. The molecule has 1 heterocycles. The lowest BCUT2D eigenvalue weighted by atomic mass is 10.2. The first kappa shape index (κ1) is 19.3. The maximum absolute atomic E-state index is 13.1. The fourth-order valence-electron chi connectivity index (χ4n) is 2.10. The molecule has 9 heteroatoms. The number of rotatable bonds is 5. The zero-order valence-corrected chi connectivity index (χ0v) is 15.9. The van der Waals surface area contributed by atoms with Gasteiger partial charge in [-0.25, -0.2) is 14.2 Å². The lowest BCUT2D eigenvalue weighted by Gasteiger charge is -2.06. The van der Waals surface area contributed by atoms with Gasteiger partial charge in [0, 0.05) is 21.7 Å². The van der Waals surface area contributed by atoms with E-state index in [0.29, 0.717) is 15.7 Å². The van der Waals surface area contributed by atoms with Gasteiger partial charge < -0.3 is 10.1 Å². The highest BCUT2D eigenvalue weighted by atomic mass is 35.5. The van der Waals surface area contributed by atoms with Crippen LogP contribution in [0.25, 0.3) is 10.6 Å². The number of hydrogen-bond acceptors (Lipinski definition) is 5. The first-order valence-electron chi connectivity index (χ1n) is 7.56. The van der Waals surface area contributed by atoms with E-state index in [4.69, 9.17) is 27.9 Å². The van der Waals surface area contributed by atoms with Gasteiger partial charge in [-0.2, -0.15) is 0 Å². The van der Waals surface area contributed by atoms with Crippen LogP contribution in [0.1, 0.15) is 10.5 Å². The summed E-state index contributed by atoms with van der Waals surface area (Å²) >= 11 is 12.8. The number of anilines is 1. The molecular weight excluding hydrogens is 414 g/mol. The molecule has 2 aromatic carbocycles. The number of amides is 1. The first-order valence-corrected chi connectivity index (χ1v) is 9.19. The van der Waals surface area contributed by atoms with Gasteiger partial charge in [0.25, 0.3) is 5.91 Å². The summed E-state index contributed by atoms with van der Waals surface area (Å²) in [4.78, 5) is 28.1. The molecule has 0 aliphatic heterocycles. The Bertz CT molecular complexity index is 1010. The molecule has 0 atom stereocenters. The molecule has 27 heavy (non-hydrogen) atoms. The quantitative estimate of drug-likeness (QED) is 0.581. The van der Waals surface area contributed by atoms with Crippen molar-refractivity contribution >= 4 is 52.1 Å². The first-order chi connectivity index (χ1) is 12.9. The highest BCUT2D eigenvalue weighted by Crippen LogP contribution is 2.26. The average Bonchev–Trinajstić information content (AvgIpc) is 3.13. The molecular formula is C18H11Cl2FN2O3S. The standard InChI is InChI=1S/C18H11Cl2FN2O3S/c19-11-3-1-2-10(6-11)17-23-15(9-27-17)18(25)26-8-16(24)22-12-4-5-14(21)13(20)7-12/h1-7,9H,8H2,(H,22,24). The number of hydrogen-bond donors (Lipinski definition) is 1. The Kier molecular flexibility index (Phi) is 6.05. The van der Waals surface area contributed by atoms with Crippen LogP contribution in [0.3, 0.4) is 0 Å². The SMILES string of the molecule is O=C(COC(=O)c1csc(-c2cccc(Cl)c2)n1)Nc1ccc(F)c(Cl)c1. The highest BCUT2D eigenvalue weighted by Gasteiger charge is 2.15. The Balaban J connectivity index is 1.57. The zero-order chi connectivity index (χ0) is 19.4. The van der Waals surface area contributed by atoms with Gasteiger partial charge in [-0.1, -0.05) is 35.3 Å². The molecule has 0 bridgehead atoms. The molecule has 0 spiro atoms. The molecule has 138 valence electrons. The van der Waals surface area contributed by atoms with E-state index < -0.39 is 24.3 Å². The number of halogens is 3. The van der Waals surface area contributed by atoms with Crippen molar-refractivity contribution in [1.82, 2.24) is 4.98 Å². The molecule has 1 aromatic heterocycles. The van der Waals surface area contributed by atoms with Gasteiger partial charge in [-0.05, 0) is 30.3 Å². The Labute approximate surface area is 167 Å². The van der Waals surface area contributed by atoms with Gasteiger partial charge in [-0.15, -0.1) is 11.3 Å². The maximum atomic E-state index is 13.1. The number of carbonyl (C=O) groups excluding carboxylic acids is 2. The predicted octanol–water partition coefficient (Wildman–Crippen LogP) is 5.05. The fourth-order valence-corrected chi connectivity index (χ4v) is 3.25. The summed E-state index contributed by atoms with van der Waals surface area (Å²) in [6, 6.07) is 10.8. The van der Waals surface area contributed by atoms with Crippen LogP contribution in [-0.4, -0.2) is 23.5 Å². The smallest absolute Gasteiger partial charge is 0.358 e. The van der Waals surface area contributed by atoms with Crippen LogP contribution in [0.4, 0.5) is 10.1 Å². The Morgan fingerprint density at radius 3 is 2.74 bits per heavy atom. The van der Waals surface area contributed by atoms with E-state index in [9.17, 15) is 14.0 Å². The van der Waals surface area contributed by atoms with Crippen LogP contribution >= 0.6 is 34.5 Å². The van der Waals surface area contributed by atoms with Crippen molar-refractivity contribution in [1.29, 1.82) is 0 Å². The zero-order valence-electron chi connectivity index (χ0n) is 13.5. The number of carbonyl (C=O) groups is 2. The van der Waals surface area contributed by atoms with Gasteiger partial charge in [0.15, 0.2) is 12.3 Å². The number of nitrogens with zero attached hydrogens (tertiary/aromatic N) is 1. The number of nitrogens with one attached hydrogen (secondary N) is 1. The Hall–Kier alpha value is -2.48. The van der Waals surface area contributed by atoms with Crippen LogP contribution in [-0.2, 0) is 9.53 Å². The molecule has 3 rings (SSSR count). The van der Waals surface area contributed by atoms with Crippen molar-refractivity contribution < 1.29 is 18.7 Å². The van der Waals surface area contributed by atoms with Crippen molar-refractivity contribution in [2.45, 2.75) is 0 Å². The Morgan fingerprint density at radius 1 is 1.19 bits per heavy atom. The van der Waals surface area contributed by atoms with E-state index in [2.05, 4.69) is 10.3 Å². The predicted molar refractivity (Wildman–Crippen MR) is 103 cm³/mol. The second-order valence-electron chi connectivity index (χ2n) is 5.30. The van der Waals surface area contributed by atoms with E-state index in [0.717, 1.165) is 11.6 Å². The van der Waals surface area contributed by atoms with Gasteiger partial charge in [0.1, 0.15) is 10.8 Å². The molecule has 0 unspecified atom stereocenters. The minimum atomic E-state index is -0.730. The van der Waals surface area contributed by atoms with Crippen molar-refractivity contribution in [3.05, 3.63) is 69.4 Å². The van der Waals surface area contributed by atoms with Crippen LogP contribution in [0, 0.1) is 5.82 Å². The summed E-state index contributed by atoms with van der Waals surface area (Å²) in [6.07, 6.45) is 0. The van der Waals surface area contributed by atoms with E-state index in [1.54, 1.807) is 18.2 Å². The number of thiazole rings is 1. The van der Waals surface area contributed by atoms with Crippen molar-refractivity contribution in [3.8, 4) is 10.6 Å². The summed E-state index contributed by atoms with van der Waals surface area (Å²) < 4.78 is 18.0. The maximum Gasteiger partial charge on any atom is 0.358 e. The summed E-state index contributed by atoms with van der Waals surface area (Å²) in [5.74, 6) is -1.91. The molecule has 5 nitrogen and oxygen atoms in total. The molecule has 0 fully saturated rings. The third kappa shape index (κ3) is 5.03. The molecule has 0 saturated carbocycles. The van der Waals surface area contributed by atoms with Crippen LogP contribution in [0.5, 0.6) is 0 Å². The number of ether oxygens (including phenoxy) is 1. The lowest BCUT2D eigenvalue weighted by molar-refractivity contribution is -0.119. The normalized spacial score (nSPS) is 10.5. The Morgan fingerprint density at radius 2 is 2.00 bits per heavy atom. The van der Waals surface area contributed by atoms with E-state index in [-0.39, 0.29) is 10.7 Å². The van der Waals surface area contributed by atoms with Gasteiger partial charge >= 0.3 is 5.97 Å². The lowest BCUT2D eigenvalue weighted by Crippen LogP contribution is -2.21. The fraction of sp³-hybridized carbons (Fsp3) is 0.0556. The van der Waals surface area contributed by atoms with E-state index in [1.165, 1.54) is 28.8 Å². The summed E-state index contributed by atoms with van der Waals surface area (Å²) in [6.45, 7) is -0.516. The van der Waals surface area contributed by atoms with Gasteiger partial charge in [0.05, 0.1) is 5.02 Å². The molecule has 0 saturated heterocycles. The molecule has 1 N–H and O–H groups in total. The summed E-state index contributed by atoms with van der Waals surface area (Å²) in [7, 11) is 0. The van der Waals surface area contributed by atoms with Gasteiger partial charge in [-0.3, -0.25) is 4.79 Å². The second-order valence-corrected chi connectivity index (χ2v) is 7.00. The van der Waals surface area contributed by atoms with E-state index in [1.807, 2.05) is 6.07 Å². The number of benzene rings is 2. The molecule has 3 aromatic rings.